The van der Waals surface area contributed by atoms with Crippen LogP contribution in [0.25, 0.3) is 0 Å². The van der Waals surface area contributed by atoms with Gasteiger partial charge in [0.25, 0.3) is 10.0 Å². The van der Waals surface area contributed by atoms with Gasteiger partial charge in [-0.3, -0.25) is 9.82 Å². The van der Waals surface area contributed by atoms with Crippen LogP contribution in [0.3, 0.4) is 0 Å². The molecule has 0 atom stereocenters. The first kappa shape index (κ1) is 14.6. The molecule has 0 radical (unpaired) electrons. The van der Waals surface area contributed by atoms with Gasteiger partial charge in [-0.25, -0.2) is 13.2 Å². The fraction of sp³-hybridized carbons (Fsp3) is 0. The first-order valence-corrected chi connectivity index (χ1v) is 7.30. The molecule has 0 fully saturated rings. The van der Waals surface area contributed by atoms with E-state index in [1.165, 1.54) is 18.2 Å². The van der Waals surface area contributed by atoms with Crippen LogP contribution in [0.4, 0.5) is 5.82 Å². The maximum atomic E-state index is 12.0. The number of benzene rings is 1. The van der Waals surface area contributed by atoms with E-state index in [-0.39, 0.29) is 26.5 Å². The highest BCUT2D eigenvalue weighted by Gasteiger charge is 2.18. The van der Waals surface area contributed by atoms with Crippen molar-refractivity contribution in [2.75, 3.05) is 4.72 Å². The molecule has 1 heterocycles. The summed E-state index contributed by atoms with van der Waals surface area (Å²) in [6.45, 7) is 0. The van der Waals surface area contributed by atoms with Crippen molar-refractivity contribution in [3.8, 4) is 0 Å². The van der Waals surface area contributed by atoms with Gasteiger partial charge in [0.2, 0.25) is 0 Å². The summed E-state index contributed by atoms with van der Waals surface area (Å²) in [4.78, 5) is 10.5. The first-order valence-electron chi connectivity index (χ1n) is 5.06. The maximum Gasteiger partial charge on any atom is 0.353 e. The van der Waals surface area contributed by atoms with Gasteiger partial charge in [0.05, 0.1) is 14.9 Å². The lowest BCUT2D eigenvalue weighted by Gasteiger charge is -2.06. The Morgan fingerprint density at radius 2 is 1.95 bits per heavy atom. The summed E-state index contributed by atoms with van der Waals surface area (Å²) in [5, 5.41) is 14.7. The van der Waals surface area contributed by atoms with Gasteiger partial charge in [0.1, 0.15) is 5.69 Å². The number of carboxylic acid groups (broad SMARTS) is 1. The van der Waals surface area contributed by atoms with Crippen LogP contribution in [0, 0.1) is 0 Å². The van der Waals surface area contributed by atoms with Crippen molar-refractivity contribution < 1.29 is 18.3 Å². The van der Waals surface area contributed by atoms with Gasteiger partial charge in [0.15, 0.2) is 5.82 Å². The summed E-state index contributed by atoms with van der Waals surface area (Å²) < 4.78 is 26.2. The number of aromatic amines is 1. The Balaban J connectivity index is 2.30. The minimum Gasteiger partial charge on any atom is -0.477 e. The Morgan fingerprint density at radius 3 is 2.50 bits per heavy atom. The van der Waals surface area contributed by atoms with E-state index in [2.05, 4.69) is 14.9 Å². The van der Waals surface area contributed by atoms with E-state index in [0.29, 0.717) is 0 Å². The number of H-pyrrole nitrogens is 1. The number of nitrogens with one attached hydrogen (secondary N) is 2. The molecule has 0 unspecified atom stereocenters. The molecule has 10 heteroatoms. The van der Waals surface area contributed by atoms with Crippen molar-refractivity contribution in [1.82, 2.24) is 10.2 Å². The standard InChI is InChI=1S/C10H7Cl2N3O4S/c11-6-2-1-5(3-7(6)12)20(18,19)15-9-4-8(10(16)17)13-14-9/h1-4H,(H,16,17)(H2,13,14,15). The summed E-state index contributed by atoms with van der Waals surface area (Å²) in [6.07, 6.45) is 0. The third kappa shape index (κ3) is 3.03. The number of hydrogen-bond donors (Lipinski definition) is 3. The molecule has 106 valence electrons. The molecule has 3 N–H and O–H groups in total. The molecule has 2 aromatic rings. The van der Waals surface area contributed by atoms with E-state index in [0.717, 1.165) is 6.07 Å². The third-order valence-corrected chi connectivity index (χ3v) is 4.34. The molecular weight excluding hydrogens is 329 g/mol. The molecule has 0 saturated carbocycles. The highest BCUT2D eigenvalue weighted by Crippen LogP contribution is 2.25. The molecule has 0 aliphatic rings. The predicted octanol–water partition coefficient (Wildman–Crippen LogP) is 2.22. The summed E-state index contributed by atoms with van der Waals surface area (Å²) in [7, 11) is -3.93. The highest BCUT2D eigenvalue weighted by atomic mass is 35.5. The predicted molar refractivity (Wildman–Crippen MR) is 72.8 cm³/mol. The minimum absolute atomic E-state index is 0.0859. The zero-order chi connectivity index (χ0) is 14.9. The molecule has 0 spiro atoms. The van der Waals surface area contributed by atoms with E-state index in [1.807, 2.05) is 0 Å². The van der Waals surface area contributed by atoms with Crippen LogP contribution in [0.5, 0.6) is 0 Å². The molecule has 0 aliphatic carbocycles. The van der Waals surface area contributed by atoms with Gasteiger partial charge >= 0.3 is 5.97 Å². The van der Waals surface area contributed by atoms with Crippen molar-refractivity contribution in [2.24, 2.45) is 0 Å². The number of hydrogen-bond acceptors (Lipinski definition) is 4. The number of halogens is 2. The number of anilines is 1. The van der Waals surface area contributed by atoms with Crippen LogP contribution in [-0.2, 0) is 10.0 Å². The van der Waals surface area contributed by atoms with E-state index in [9.17, 15) is 13.2 Å². The quantitative estimate of drug-likeness (QED) is 0.792. The maximum absolute atomic E-state index is 12.0. The van der Waals surface area contributed by atoms with Gasteiger partial charge in [0, 0.05) is 6.07 Å². The highest BCUT2D eigenvalue weighted by molar-refractivity contribution is 7.92. The Labute approximate surface area is 123 Å². The molecule has 7 nitrogen and oxygen atoms in total. The van der Waals surface area contributed by atoms with Crippen LogP contribution in [-0.4, -0.2) is 29.7 Å². The second-order valence-corrected chi connectivity index (χ2v) is 6.15. The zero-order valence-electron chi connectivity index (χ0n) is 9.59. The summed E-state index contributed by atoms with van der Waals surface area (Å²) >= 11 is 11.4. The van der Waals surface area contributed by atoms with Gasteiger partial charge in [-0.15, -0.1) is 0 Å². The third-order valence-electron chi connectivity index (χ3n) is 2.25. The molecule has 1 aromatic heterocycles. The molecule has 0 saturated heterocycles. The SMILES string of the molecule is O=C(O)c1cc(NS(=O)(=O)c2ccc(Cl)c(Cl)c2)n[nH]1. The van der Waals surface area contributed by atoms with Crippen LogP contribution in [0.15, 0.2) is 29.2 Å². The average Bonchev–Trinajstić information content (AvgIpc) is 2.80. The molecule has 1 aromatic carbocycles. The smallest absolute Gasteiger partial charge is 0.353 e. The number of aromatic nitrogens is 2. The zero-order valence-corrected chi connectivity index (χ0v) is 11.9. The second kappa shape index (κ2) is 5.31. The molecule has 0 amide bonds. The second-order valence-electron chi connectivity index (χ2n) is 3.65. The summed E-state index contributed by atoms with van der Waals surface area (Å²) in [5.41, 5.74) is -0.239. The minimum atomic E-state index is -3.93. The molecule has 0 aliphatic heterocycles. The topological polar surface area (TPSA) is 112 Å². The van der Waals surface area contributed by atoms with Gasteiger partial charge in [-0.2, -0.15) is 5.10 Å². The number of carbonyl (C=O) groups is 1. The summed E-state index contributed by atoms with van der Waals surface area (Å²) in [5.74, 6) is -1.40. The Bertz CT molecular complexity index is 773. The Hall–Kier alpha value is -1.77. The molecular formula is C10H7Cl2N3O4S. The average molecular weight is 336 g/mol. The van der Waals surface area contributed by atoms with Crippen LogP contribution in [0.2, 0.25) is 10.0 Å². The normalized spacial score (nSPS) is 11.3. The largest absolute Gasteiger partial charge is 0.477 e. The van der Waals surface area contributed by atoms with Crippen LogP contribution in [0.1, 0.15) is 10.5 Å². The lowest BCUT2D eigenvalue weighted by atomic mass is 10.4. The Kier molecular flexibility index (Phi) is 3.89. The van der Waals surface area contributed by atoms with Crippen molar-refractivity contribution in [3.05, 3.63) is 40.0 Å². The monoisotopic (exact) mass is 335 g/mol. The first-order chi connectivity index (χ1) is 9.29. The van der Waals surface area contributed by atoms with Crippen molar-refractivity contribution in [3.63, 3.8) is 0 Å². The Morgan fingerprint density at radius 1 is 1.25 bits per heavy atom. The van der Waals surface area contributed by atoms with E-state index in [1.54, 1.807) is 0 Å². The van der Waals surface area contributed by atoms with Gasteiger partial charge < -0.3 is 5.11 Å². The van der Waals surface area contributed by atoms with Crippen molar-refractivity contribution in [2.45, 2.75) is 4.90 Å². The van der Waals surface area contributed by atoms with E-state index >= 15 is 0 Å². The fourth-order valence-corrected chi connectivity index (χ4v) is 2.70. The number of nitrogens with zero attached hydrogens (tertiary/aromatic N) is 1. The van der Waals surface area contributed by atoms with E-state index < -0.39 is 16.0 Å². The number of rotatable bonds is 4. The lowest BCUT2D eigenvalue weighted by Crippen LogP contribution is -2.13. The van der Waals surface area contributed by atoms with Gasteiger partial charge in [-0.1, -0.05) is 23.2 Å². The molecule has 0 bridgehead atoms. The number of carboxylic acids is 1. The van der Waals surface area contributed by atoms with Gasteiger partial charge in [-0.05, 0) is 18.2 Å². The van der Waals surface area contributed by atoms with Crippen molar-refractivity contribution >= 4 is 45.0 Å². The number of aromatic carboxylic acids is 1. The molecule has 2 rings (SSSR count). The molecule has 20 heavy (non-hydrogen) atoms. The fourth-order valence-electron chi connectivity index (χ4n) is 1.32. The van der Waals surface area contributed by atoms with E-state index in [4.69, 9.17) is 28.3 Å². The van der Waals surface area contributed by atoms with Crippen LogP contribution < -0.4 is 4.72 Å². The lowest BCUT2D eigenvalue weighted by molar-refractivity contribution is 0.0690. The van der Waals surface area contributed by atoms with Crippen LogP contribution >= 0.6 is 23.2 Å². The van der Waals surface area contributed by atoms with Crippen molar-refractivity contribution in [1.29, 1.82) is 0 Å². The summed E-state index contributed by atoms with van der Waals surface area (Å²) in [6, 6.07) is 4.83. The number of sulfonamides is 1.